The lowest BCUT2D eigenvalue weighted by atomic mass is 9.82. The van der Waals surface area contributed by atoms with Gasteiger partial charge in [-0.3, -0.25) is 14.9 Å². The number of guanidine groups is 1. The Labute approximate surface area is 166 Å². The summed E-state index contributed by atoms with van der Waals surface area (Å²) in [5.74, 6) is 0.00370. The fraction of sp³-hybridized carbons (Fsp3) is 0.789. The third-order valence-corrected chi connectivity index (χ3v) is 5.83. The number of rotatable bonds is 9. The first-order valence-electron chi connectivity index (χ1n) is 10.2. The first-order chi connectivity index (χ1) is 13.5. The summed E-state index contributed by atoms with van der Waals surface area (Å²) in [5, 5.41) is 5.57. The minimum Gasteiger partial charge on any atom is -0.370 e. The molecule has 3 atom stereocenters. The summed E-state index contributed by atoms with van der Waals surface area (Å²) in [5.41, 5.74) is 11.2. The monoisotopic (exact) mass is 394 g/mol. The molecule has 0 aromatic carbocycles. The van der Waals surface area contributed by atoms with E-state index in [9.17, 15) is 14.4 Å². The maximum atomic E-state index is 12.4. The van der Waals surface area contributed by atoms with Crippen LogP contribution >= 0.6 is 0 Å². The number of carbonyl (C=O) groups excluding carboxylic acids is 3. The van der Waals surface area contributed by atoms with E-state index in [-0.39, 0.29) is 36.4 Å². The Hall–Kier alpha value is -2.00. The summed E-state index contributed by atoms with van der Waals surface area (Å²) in [6.07, 6.45) is 8.40. The molecule has 2 amide bonds. The van der Waals surface area contributed by atoms with Crippen molar-refractivity contribution >= 4 is 24.1 Å². The SMILES string of the molecule is CN(C(=O)C1CCN1)[C@H](C=O)CCC(N=C(N)NC(=O)CN)C1CCCCC1. The normalized spacial score (nSPS) is 22.6. The van der Waals surface area contributed by atoms with Crippen molar-refractivity contribution in [3.63, 3.8) is 0 Å². The van der Waals surface area contributed by atoms with Crippen LogP contribution in [0.4, 0.5) is 0 Å². The van der Waals surface area contributed by atoms with Crippen LogP contribution in [-0.2, 0) is 14.4 Å². The summed E-state index contributed by atoms with van der Waals surface area (Å²) >= 11 is 0. The van der Waals surface area contributed by atoms with Crippen LogP contribution in [0.25, 0.3) is 0 Å². The van der Waals surface area contributed by atoms with Crippen LogP contribution in [0, 0.1) is 5.92 Å². The van der Waals surface area contributed by atoms with Crippen molar-refractivity contribution in [2.24, 2.45) is 22.4 Å². The summed E-state index contributed by atoms with van der Waals surface area (Å²) in [4.78, 5) is 41.6. The molecule has 1 heterocycles. The van der Waals surface area contributed by atoms with E-state index >= 15 is 0 Å². The van der Waals surface area contributed by atoms with E-state index in [2.05, 4.69) is 15.6 Å². The number of nitrogens with zero attached hydrogens (tertiary/aromatic N) is 2. The number of nitrogens with two attached hydrogens (primary N) is 2. The third kappa shape index (κ3) is 6.27. The van der Waals surface area contributed by atoms with Crippen molar-refractivity contribution in [3.8, 4) is 0 Å². The van der Waals surface area contributed by atoms with E-state index in [1.165, 1.54) is 11.3 Å². The van der Waals surface area contributed by atoms with E-state index in [4.69, 9.17) is 11.5 Å². The molecule has 28 heavy (non-hydrogen) atoms. The van der Waals surface area contributed by atoms with Crippen LogP contribution in [0.2, 0.25) is 0 Å². The fourth-order valence-electron chi connectivity index (χ4n) is 3.93. The van der Waals surface area contributed by atoms with Gasteiger partial charge in [0, 0.05) is 7.05 Å². The summed E-state index contributed by atoms with van der Waals surface area (Å²) in [6, 6.07) is -0.760. The number of carbonyl (C=O) groups is 3. The second-order valence-corrected chi connectivity index (χ2v) is 7.76. The van der Waals surface area contributed by atoms with Crippen LogP contribution in [0.3, 0.4) is 0 Å². The predicted molar refractivity (Wildman–Crippen MR) is 107 cm³/mol. The first kappa shape index (κ1) is 22.3. The number of likely N-dealkylation sites (N-methyl/N-ethyl adjacent to an activating group) is 1. The minimum atomic E-state index is -0.490. The highest BCUT2D eigenvalue weighted by Gasteiger charge is 2.31. The first-order valence-corrected chi connectivity index (χ1v) is 10.2. The molecule has 9 nitrogen and oxygen atoms in total. The molecule has 2 fully saturated rings. The lowest BCUT2D eigenvalue weighted by Crippen LogP contribution is -2.55. The molecular formula is C19H34N6O3. The zero-order chi connectivity index (χ0) is 20.5. The molecule has 2 unspecified atom stereocenters. The Morgan fingerprint density at radius 2 is 1.93 bits per heavy atom. The highest BCUT2D eigenvalue weighted by Crippen LogP contribution is 2.30. The van der Waals surface area contributed by atoms with Crippen molar-refractivity contribution in [1.82, 2.24) is 15.5 Å². The second kappa shape index (κ2) is 11.1. The van der Waals surface area contributed by atoms with Gasteiger partial charge in [0.15, 0.2) is 5.96 Å². The van der Waals surface area contributed by atoms with Gasteiger partial charge in [0.25, 0.3) is 0 Å². The van der Waals surface area contributed by atoms with Gasteiger partial charge in [0.2, 0.25) is 11.8 Å². The Morgan fingerprint density at radius 3 is 2.46 bits per heavy atom. The Bertz CT molecular complexity index is 572. The lowest BCUT2D eigenvalue weighted by Gasteiger charge is -2.34. The van der Waals surface area contributed by atoms with Gasteiger partial charge in [-0.1, -0.05) is 19.3 Å². The van der Waals surface area contributed by atoms with E-state index in [0.717, 1.165) is 44.9 Å². The van der Waals surface area contributed by atoms with Crippen molar-refractivity contribution in [1.29, 1.82) is 0 Å². The van der Waals surface area contributed by atoms with Gasteiger partial charge in [-0.05, 0) is 44.6 Å². The molecule has 1 saturated heterocycles. The topological polar surface area (TPSA) is 143 Å². The smallest absolute Gasteiger partial charge is 0.240 e. The standard InChI is InChI=1S/C19H34N6O3/c1-25(18(28)16-9-10-22-16)14(12-26)7-8-15(13-5-3-2-4-6-13)23-19(21)24-17(27)11-20/h12-16,22H,2-11,20H2,1H3,(H3,21,23,24,27)/t14-,15?,16?/m0/s1. The van der Waals surface area contributed by atoms with E-state index in [1.807, 2.05) is 0 Å². The van der Waals surface area contributed by atoms with Crippen molar-refractivity contribution in [3.05, 3.63) is 0 Å². The predicted octanol–water partition coefficient (Wildman–Crippen LogP) is -0.507. The summed E-state index contributed by atoms with van der Waals surface area (Å²) in [7, 11) is 1.68. The second-order valence-electron chi connectivity index (χ2n) is 7.76. The third-order valence-electron chi connectivity index (χ3n) is 5.83. The fourth-order valence-corrected chi connectivity index (χ4v) is 3.93. The van der Waals surface area contributed by atoms with Gasteiger partial charge in [-0.25, -0.2) is 4.99 Å². The Morgan fingerprint density at radius 1 is 1.25 bits per heavy atom. The molecular weight excluding hydrogens is 360 g/mol. The van der Waals surface area contributed by atoms with Crippen LogP contribution < -0.4 is 22.1 Å². The van der Waals surface area contributed by atoms with Crippen LogP contribution in [-0.4, -0.2) is 67.2 Å². The summed E-state index contributed by atoms with van der Waals surface area (Å²) < 4.78 is 0. The van der Waals surface area contributed by atoms with Crippen molar-refractivity contribution < 1.29 is 14.4 Å². The molecule has 158 valence electrons. The molecule has 9 heteroatoms. The van der Waals surface area contributed by atoms with E-state index < -0.39 is 6.04 Å². The molecule has 0 aromatic rings. The number of hydrogen-bond acceptors (Lipinski definition) is 6. The van der Waals surface area contributed by atoms with Crippen molar-refractivity contribution in [2.75, 3.05) is 20.1 Å². The average molecular weight is 395 g/mol. The Balaban J connectivity index is 2.00. The number of hydrogen-bond donors (Lipinski definition) is 4. The molecule has 0 bridgehead atoms. The van der Waals surface area contributed by atoms with Crippen LogP contribution in [0.15, 0.2) is 4.99 Å². The maximum Gasteiger partial charge on any atom is 0.240 e. The van der Waals surface area contributed by atoms with E-state index in [0.29, 0.717) is 18.8 Å². The largest absolute Gasteiger partial charge is 0.370 e. The van der Waals surface area contributed by atoms with Gasteiger partial charge >= 0.3 is 0 Å². The molecule has 6 N–H and O–H groups in total. The molecule has 1 aliphatic heterocycles. The quantitative estimate of drug-likeness (QED) is 0.236. The maximum absolute atomic E-state index is 12.4. The number of aliphatic imine (C=N–C) groups is 1. The van der Waals surface area contributed by atoms with E-state index in [1.54, 1.807) is 7.05 Å². The van der Waals surface area contributed by atoms with Gasteiger partial charge in [0.05, 0.1) is 24.7 Å². The molecule has 0 radical (unpaired) electrons. The summed E-state index contributed by atoms with van der Waals surface area (Å²) in [6.45, 7) is 0.682. The molecule has 1 aliphatic carbocycles. The molecule has 1 saturated carbocycles. The zero-order valence-electron chi connectivity index (χ0n) is 16.7. The number of nitrogens with one attached hydrogen (secondary N) is 2. The lowest BCUT2D eigenvalue weighted by molar-refractivity contribution is -0.138. The van der Waals surface area contributed by atoms with Crippen molar-refractivity contribution in [2.45, 2.75) is 69.5 Å². The molecule has 0 spiro atoms. The molecule has 2 rings (SSSR count). The number of amides is 2. The van der Waals surface area contributed by atoms with Gasteiger partial charge in [-0.2, -0.15) is 0 Å². The highest BCUT2D eigenvalue weighted by atomic mass is 16.2. The van der Waals surface area contributed by atoms with Crippen LogP contribution in [0.1, 0.15) is 51.4 Å². The van der Waals surface area contributed by atoms with Gasteiger partial charge in [0.1, 0.15) is 6.29 Å². The number of aldehydes is 1. The van der Waals surface area contributed by atoms with Gasteiger partial charge in [-0.15, -0.1) is 0 Å². The molecule has 2 aliphatic rings. The average Bonchev–Trinajstić information content (AvgIpc) is 2.66. The van der Waals surface area contributed by atoms with Crippen LogP contribution in [0.5, 0.6) is 0 Å². The zero-order valence-corrected chi connectivity index (χ0v) is 16.7. The minimum absolute atomic E-state index is 0.0456. The highest BCUT2D eigenvalue weighted by molar-refractivity contribution is 5.97. The van der Waals surface area contributed by atoms with Gasteiger partial charge < -0.3 is 26.5 Å². The molecule has 0 aromatic heterocycles. The Kier molecular flexibility index (Phi) is 8.85.